The van der Waals surface area contributed by atoms with E-state index in [4.69, 9.17) is 9.15 Å². The lowest BCUT2D eigenvalue weighted by Gasteiger charge is -2.35. The lowest BCUT2D eigenvalue weighted by atomic mass is 10.0. The lowest BCUT2D eigenvalue weighted by molar-refractivity contribution is 0.0182. The van der Waals surface area contributed by atoms with E-state index < -0.39 is 5.60 Å². The Balaban J connectivity index is 1.91. The molecule has 2 atom stereocenters. The van der Waals surface area contributed by atoms with E-state index in [-0.39, 0.29) is 18.2 Å². The number of likely N-dealkylation sites (tertiary alicyclic amines) is 1. The number of hydrogen-bond donors (Lipinski definition) is 1. The fraction of sp³-hybridized carbons (Fsp3) is 0.706. The van der Waals surface area contributed by atoms with Crippen molar-refractivity contribution in [1.29, 1.82) is 0 Å². The summed E-state index contributed by atoms with van der Waals surface area (Å²) in [5.41, 5.74) is -0.447. The molecule has 1 aromatic heterocycles. The molecule has 1 aliphatic heterocycles. The maximum Gasteiger partial charge on any atom is 0.410 e. The van der Waals surface area contributed by atoms with Crippen molar-refractivity contribution in [2.24, 2.45) is 0 Å². The monoisotopic (exact) mass is 308 g/mol. The molecule has 5 heteroatoms. The van der Waals surface area contributed by atoms with Crippen molar-refractivity contribution >= 4 is 6.09 Å². The minimum atomic E-state index is -0.447. The molecule has 2 unspecified atom stereocenters. The van der Waals surface area contributed by atoms with Gasteiger partial charge in [-0.3, -0.25) is 0 Å². The molecule has 0 spiro atoms. The first-order valence-electron chi connectivity index (χ1n) is 8.16. The van der Waals surface area contributed by atoms with Gasteiger partial charge in [0.2, 0.25) is 0 Å². The molecule has 22 heavy (non-hydrogen) atoms. The van der Waals surface area contributed by atoms with Crippen LogP contribution in [-0.2, 0) is 4.74 Å². The summed E-state index contributed by atoms with van der Waals surface area (Å²) in [6.45, 7) is 9.28. The topological polar surface area (TPSA) is 54.7 Å². The molecule has 0 radical (unpaired) electrons. The highest BCUT2D eigenvalue weighted by Crippen LogP contribution is 2.21. The molecule has 2 heterocycles. The molecule has 1 aromatic rings. The van der Waals surface area contributed by atoms with Crippen LogP contribution in [0.25, 0.3) is 0 Å². The Hall–Kier alpha value is -1.49. The molecule has 1 N–H and O–H groups in total. The van der Waals surface area contributed by atoms with Crippen LogP contribution in [0, 0.1) is 0 Å². The first-order chi connectivity index (χ1) is 10.4. The third-order valence-corrected chi connectivity index (χ3v) is 3.80. The Kier molecular flexibility index (Phi) is 5.51. The number of piperidine rings is 1. The number of nitrogens with zero attached hydrogens (tertiary/aromatic N) is 1. The summed E-state index contributed by atoms with van der Waals surface area (Å²) in [5.74, 6) is 0.955. The van der Waals surface area contributed by atoms with Gasteiger partial charge in [-0.2, -0.15) is 0 Å². The molecule has 1 amide bonds. The Morgan fingerprint density at radius 2 is 2.32 bits per heavy atom. The summed E-state index contributed by atoms with van der Waals surface area (Å²) < 4.78 is 11.0. The normalized spacial score (nSPS) is 20.7. The summed E-state index contributed by atoms with van der Waals surface area (Å²) in [5, 5.41) is 3.61. The van der Waals surface area contributed by atoms with Crippen molar-refractivity contribution in [2.45, 2.75) is 64.6 Å². The van der Waals surface area contributed by atoms with Crippen molar-refractivity contribution < 1.29 is 13.9 Å². The van der Waals surface area contributed by atoms with Crippen molar-refractivity contribution in [3.05, 3.63) is 24.2 Å². The number of carbonyl (C=O) groups is 1. The number of nitrogens with one attached hydrogen (secondary N) is 1. The highest BCUT2D eigenvalue weighted by atomic mass is 16.6. The Morgan fingerprint density at radius 3 is 2.91 bits per heavy atom. The molecule has 124 valence electrons. The fourth-order valence-corrected chi connectivity index (χ4v) is 2.78. The predicted octanol–water partition coefficient (Wildman–Crippen LogP) is 3.72. The maximum atomic E-state index is 12.2. The fourth-order valence-electron chi connectivity index (χ4n) is 2.78. The Labute approximate surface area is 133 Å². The van der Waals surface area contributed by atoms with Gasteiger partial charge in [-0.25, -0.2) is 4.79 Å². The minimum absolute atomic E-state index is 0.193. The molecule has 5 nitrogen and oxygen atoms in total. The minimum Gasteiger partial charge on any atom is -0.468 e. The van der Waals surface area contributed by atoms with E-state index in [9.17, 15) is 4.79 Å². The van der Waals surface area contributed by atoms with Crippen molar-refractivity contribution in [1.82, 2.24) is 10.2 Å². The third kappa shape index (κ3) is 4.77. The number of ether oxygens (including phenoxy) is 1. The Bertz CT molecular complexity index is 465. The molecule has 0 saturated carbocycles. The van der Waals surface area contributed by atoms with E-state index in [1.807, 2.05) is 32.9 Å². The standard InChI is InChI=1S/C17H28N2O3/c1-5-14(15-9-7-11-21-15)18-13-8-6-10-19(12-13)16(20)22-17(2,3)4/h7,9,11,13-14,18H,5-6,8,10,12H2,1-4H3. The molecule has 2 rings (SSSR count). The van der Waals surface area contributed by atoms with Crippen molar-refractivity contribution in [2.75, 3.05) is 13.1 Å². The van der Waals surface area contributed by atoms with E-state index in [0.29, 0.717) is 6.54 Å². The molecule has 1 fully saturated rings. The zero-order valence-corrected chi connectivity index (χ0v) is 14.1. The van der Waals surface area contributed by atoms with Crippen molar-refractivity contribution in [3.8, 4) is 0 Å². The van der Waals surface area contributed by atoms with Crippen molar-refractivity contribution in [3.63, 3.8) is 0 Å². The van der Waals surface area contributed by atoms with E-state index >= 15 is 0 Å². The van der Waals surface area contributed by atoms with Gasteiger partial charge in [-0.15, -0.1) is 0 Å². The maximum absolute atomic E-state index is 12.2. The van der Waals surface area contributed by atoms with Crippen LogP contribution in [0.4, 0.5) is 4.79 Å². The third-order valence-electron chi connectivity index (χ3n) is 3.80. The van der Waals surface area contributed by atoms with Gasteiger partial charge in [0.1, 0.15) is 11.4 Å². The van der Waals surface area contributed by atoms with Crippen LogP contribution >= 0.6 is 0 Å². The van der Waals surface area contributed by atoms with E-state index in [0.717, 1.165) is 31.6 Å². The van der Waals surface area contributed by atoms with Gasteiger partial charge in [0.05, 0.1) is 12.3 Å². The summed E-state index contributed by atoms with van der Waals surface area (Å²) in [6, 6.07) is 4.37. The molecule has 0 bridgehead atoms. The molecule has 0 aromatic carbocycles. The van der Waals surface area contributed by atoms with Crippen LogP contribution in [0.2, 0.25) is 0 Å². The van der Waals surface area contributed by atoms with Crippen LogP contribution in [0.5, 0.6) is 0 Å². The molecular formula is C17H28N2O3. The van der Waals surface area contributed by atoms with Gasteiger partial charge in [0.15, 0.2) is 0 Å². The summed E-state index contributed by atoms with van der Waals surface area (Å²) in [6.07, 6.45) is 4.50. The molecule has 1 saturated heterocycles. The highest BCUT2D eigenvalue weighted by Gasteiger charge is 2.29. The SMILES string of the molecule is CCC(NC1CCCN(C(=O)OC(C)(C)C)C1)c1ccco1. The van der Waals surface area contributed by atoms with Gasteiger partial charge >= 0.3 is 6.09 Å². The second kappa shape index (κ2) is 7.18. The average Bonchev–Trinajstić information content (AvgIpc) is 2.97. The lowest BCUT2D eigenvalue weighted by Crippen LogP contribution is -2.50. The van der Waals surface area contributed by atoms with Gasteiger partial charge in [-0.05, 0) is 52.2 Å². The summed E-state index contributed by atoms with van der Waals surface area (Å²) >= 11 is 0. The first kappa shape index (κ1) is 16.9. The van der Waals surface area contributed by atoms with E-state index in [2.05, 4.69) is 12.2 Å². The number of carbonyl (C=O) groups excluding carboxylic acids is 1. The number of furan rings is 1. The Morgan fingerprint density at radius 1 is 1.55 bits per heavy atom. The average molecular weight is 308 g/mol. The second-order valence-electron chi connectivity index (χ2n) is 6.91. The smallest absolute Gasteiger partial charge is 0.410 e. The first-order valence-corrected chi connectivity index (χ1v) is 8.16. The molecular weight excluding hydrogens is 280 g/mol. The van der Waals surface area contributed by atoms with Gasteiger partial charge in [0, 0.05) is 19.1 Å². The molecule has 1 aliphatic rings. The van der Waals surface area contributed by atoms with E-state index in [1.54, 1.807) is 11.2 Å². The second-order valence-corrected chi connectivity index (χ2v) is 6.91. The van der Waals surface area contributed by atoms with Gasteiger partial charge in [0.25, 0.3) is 0 Å². The predicted molar refractivity (Wildman–Crippen MR) is 85.7 cm³/mol. The number of rotatable bonds is 4. The summed E-state index contributed by atoms with van der Waals surface area (Å²) in [4.78, 5) is 14.0. The zero-order valence-electron chi connectivity index (χ0n) is 14.1. The van der Waals surface area contributed by atoms with Crippen LogP contribution in [0.15, 0.2) is 22.8 Å². The van der Waals surface area contributed by atoms with Gasteiger partial charge in [-0.1, -0.05) is 6.92 Å². The number of hydrogen-bond acceptors (Lipinski definition) is 4. The zero-order chi connectivity index (χ0) is 16.2. The number of amides is 1. The van der Waals surface area contributed by atoms with Gasteiger partial charge < -0.3 is 19.4 Å². The molecule has 0 aliphatic carbocycles. The van der Waals surface area contributed by atoms with Crippen LogP contribution in [0.3, 0.4) is 0 Å². The summed E-state index contributed by atoms with van der Waals surface area (Å²) in [7, 11) is 0. The van der Waals surface area contributed by atoms with Crippen LogP contribution in [0.1, 0.15) is 58.8 Å². The largest absolute Gasteiger partial charge is 0.468 e. The van der Waals surface area contributed by atoms with Crippen LogP contribution in [-0.4, -0.2) is 35.7 Å². The quantitative estimate of drug-likeness (QED) is 0.921. The van der Waals surface area contributed by atoms with E-state index in [1.165, 1.54) is 0 Å². The van der Waals surface area contributed by atoms with Crippen LogP contribution < -0.4 is 5.32 Å². The highest BCUT2D eigenvalue weighted by molar-refractivity contribution is 5.68.